The molecule has 148 valence electrons. The number of amides is 1. The Kier molecular flexibility index (Phi) is 4.54. The Morgan fingerprint density at radius 3 is 2.59 bits per heavy atom. The Labute approximate surface area is 169 Å². The minimum Gasteiger partial charge on any atom is -0.507 e. The first-order valence-corrected chi connectivity index (χ1v) is 9.53. The number of alkyl halides is 2. The van der Waals surface area contributed by atoms with Crippen molar-refractivity contribution in [2.45, 2.75) is 12.0 Å². The van der Waals surface area contributed by atoms with E-state index in [2.05, 4.69) is 9.98 Å². The van der Waals surface area contributed by atoms with Crippen LogP contribution in [0.25, 0.3) is 11.1 Å². The van der Waals surface area contributed by atoms with Crippen molar-refractivity contribution in [3.63, 3.8) is 0 Å². The maximum absolute atomic E-state index is 13.3. The zero-order valence-electron chi connectivity index (χ0n) is 15.2. The number of aromatic hydroxyl groups is 1. The average molecular weight is 414 g/mol. The van der Waals surface area contributed by atoms with Gasteiger partial charge in [0.1, 0.15) is 11.4 Å². The molecule has 6 nitrogen and oxygen atoms in total. The molecule has 1 amide bonds. The first-order valence-electron chi connectivity index (χ1n) is 8.58. The monoisotopic (exact) mass is 414 g/mol. The molecule has 3 heterocycles. The summed E-state index contributed by atoms with van der Waals surface area (Å²) >= 11 is 1.46. The van der Waals surface area contributed by atoms with Crippen molar-refractivity contribution in [3.8, 4) is 16.9 Å². The molecule has 0 bridgehead atoms. The van der Waals surface area contributed by atoms with E-state index in [9.17, 15) is 18.7 Å². The van der Waals surface area contributed by atoms with Crippen LogP contribution in [0.2, 0.25) is 0 Å². The highest BCUT2D eigenvalue weighted by molar-refractivity contribution is 7.08. The van der Waals surface area contributed by atoms with Gasteiger partial charge >= 0.3 is 0 Å². The summed E-state index contributed by atoms with van der Waals surface area (Å²) in [5.74, 6) is -0.486. The van der Waals surface area contributed by atoms with Crippen molar-refractivity contribution >= 4 is 23.2 Å². The third-order valence-electron chi connectivity index (χ3n) is 4.91. The van der Waals surface area contributed by atoms with E-state index in [1.54, 1.807) is 12.1 Å². The molecule has 4 rings (SSSR count). The van der Waals surface area contributed by atoms with Crippen molar-refractivity contribution < 1.29 is 18.7 Å². The van der Waals surface area contributed by atoms with Crippen LogP contribution in [0.3, 0.4) is 0 Å². The second-order valence-electron chi connectivity index (χ2n) is 6.56. The normalized spacial score (nSPS) is 19.1. The molecule has 1 aliphatic rings. The number of hydrogen-bond donors (Lipinski definition) is 2. The van der Waals surface area contributed by atoms with Gasteiger partial charge in [-0.3, -0.25) is 14.7 Å². The summed E-state index contributed by atoms with van der Waals surface area (Å²) in [7, 11) is 1.47. The zero-order valence-corrected chi connectivity index (χ0v) is 16.0. The summed E-state index contributed by atoms with van der Waals surface area (Å²) in [6.07, 6.45) is -1.58. The molecule has 9 heteroatoms. The molecular weight excluding hydrogens is 398 g/mol. The number of aliphatic imine (C=N–C) groups is 1. The van der Waals surface area contributed by atoms with Crippen LogP contribution >= 0.6 is 11.3 Å². The van der Waals surface area contributed by atoms with E-state index in [1.165, 1.54) is 41.6 Å². The lowest BCUT2D eigenvalue weighted by molar-refractivity contribution is -0.129. The number of aromatic nitrogens is 1. The van der Waals surface area contributed by atoms with Gasteiger partial charge in [0.25, 0.3) is 12.3 Å². The molecular formula is C20H16F2N4O2S. The second-order valence-corrected chi connectivity index (χ2v) is 7.34. The molecule has 29 heavy (non-hydrogen) atoms. The first-order chi connectivity index (χ1) is 13.8. The van der Waals surface area contributed by atoms with Gasteiger partial charge in [-0.15, -0.1) is 0 Å². The third-order valence-corrected chi connectivity index (χ3v) is 5.59. The van der Waals surface area contributed by atoms with Crippen LogP contribution in [0.15, 0.2) is 58.3 Å². The minimum absolute atomic E-state index is 0.0287. The Hall–Kier alpha value is -3.33. The lowest BCUT2D eigenvalue weighted by atomic mass is 9.81. The summed E-state index contributed by atoms with van der Waals surface area (Å²) in [6.45, 7) is 0. The molecule has 1 unspecified atom stereocenters. The van der Waals surface area contributed by atoms with Crippen molar-refractivity contribution in [1.82, 2.24) is 9.88 Å². The molecule has 0 aliphatic carbocycles. The summed E-state index contributed by atoms with van der Waals surface area (Å²) in [4.78, 5) is 22.5. The zero-order chi connectivity index (χ0) is 20.8. The third kappa shape index (κ3) is 2.94. The summed E-state index contributed by atoms with van der Waals surface area (Å²) in [5, 5.41) is 14.0. The predicted octanol–water partition coefficient (Wildman–Crippen LogP) is 3.48. The molecule has 1 aliphatic heterocycles. The Morgan fingerprint density at radius 2 is 1.97 bits per heavy atom. The number of benzene rings is 1. The molecule has 2 aromatic heterocycles. The van der Waals surface area contributed by atoms with E-state index < -0.39 is 23.6 Å². The molecule has 3 N–H and O–H groups in total. The van der Waals surface area contributed by atoms with Gasteiger partial charge in [-0.1, -0.05) is 6.07 Å². The number of nitrogens with zero attached hydrogens (tertiary/aromatic N) is 3. The number of rotatable bonds is 4. The number of pyridine rings is 1. The number of phenols is 1. The highest BCUT2D eigenvalue weighted by Crippen LogP contribution is 2.43. The van der Waals surface area contributed by atoms with Crippen LogP contribution in [0.5, 0.6) is 5.75 Å². The van der Waals surface area contributed by atoms with Gasteiger partial charge in [0, 0.05) is 18.8 Å². The largest absolute Gasteiger partial charge is 0.507 e. The van der Waals surface area contributed by atoms with Crippen molar-refractivity contribution in [2.75, 3.05) is 7.05 Å². The van der Waals surface area contributed by atoms with E-state index in [1.807, 2.05) is 16.8 Å². The van der Waals surface area contributed by atoms with E-state index in [0.29, 0.717) is 11.1 Å². The molecule has 0 fully saturated rings. The van der Waals surface area contributed by atoms with E-state index in [4.69, 9.17) is 5.73 Å². The molecule has 3 aromatic rings. The number of likely N-dealkylation sites (N-methyl/N-ethyl adjacent to an activating group) is 1. The summed E-state index contributed by atoms with van der Waals surface area (Å²) in [5.41, 5.74) is 5.71. The highest BCUT2D eigenvalue weighted by atomic mass is 32.1. The molecule has 0 saturated carbocycles. The van der Waals surface area contributed by atoms with Gasteiger partial charge < -0.3 is 10.8 Å². The van der Waals surface area contributed by atoms with Crippen LogP contribution in [-0.4, -0.2) is 33.9 Å². The summed E-state index contributed by atoms with van der Waals surface area (Å²) in [6, 6.07) is 9.09. The lowest BCUT2D eigenvalue weighted by Crippen LogP contribution is -2.41. The predicted molar refractivity (Wildman–Crippen MR) is 106 cm³/mol. The van der Waals surface area contributed by atoms with Gasteiger partial charge in [0.15, 0.2) is 11.5 Å². The standard InChI is InChI=1S/C20H16F2N4O2S/c1-26-18(28)20(25-19(26)23,13-4-6-24-15(9-13)17(21)22)12-2-3-16(27)14(8-12)11-5-7-29-10-11/h2-10,17,27H,1H3,(H2,23,25). The number of phenolic OH excluding ortho intramolecular Hbond substituents is 1. The Morgan fingerprint density at radius 1 is 1.21 bits per heavy atom. The van der Waals surface area contributed by atoms with Gasteiger partial charge in [0.2, 0.25) is 0 Å². The number of carbonyl (C=O) groups excluding carboxylic acids is 1. The van der Waals surface area contributed by atoms with Gasteiger partial charge in [-0.2, -0.15) is 11.3 Å². The van der Waals surface area contributed by atoms with Crippen molar-refractivity contribution in [3.05, 3.63) is 70.2 Å². The molecule has 1 aromatic carbocycles. The number of halogens is 2. The first kappa shape index (κ1) is 19.0. The van der Waals surface area contributed by atoms with E-state index >= 15 is 0 Å². The molecule has 0 spiro atoms. The maximum Gasteiger partial charge on any atom is 0.280 e. The van der Waals surface area contributed by atoms with Gasteiger partial charge in [-0.05, 0) is 57.8 Å². The van der Waals surface area contributed by atoms with Crippen LogP contribution in [0.4, 0.5) is 8.78 Å². The Bertz CT molecular complexity index is 1120. The fourth-order valence-electron chi connectivity index (χ4n) is 3.39. The van der Waals surface area contributed by atoms with Crippen LogP contribution in [-0.2, 0) is 10.3 Å². The number of carbonyl (C=O) groups is 1. The van der Waals surface area contributed by atoms with Gasteiger partial charge in [0.05, 0.1) is 0 Å². The molecule has 0 radical (unpaired) electrons. The van der Waals surface area contributed by atoms with Crippen molar-refractivity contribution in [2.24, 2.45) is 10.7 Å². The minimum atomic E-state index is -2.80. The van der Waals surface area contributed by atoms with Crippen LogP contribution in [0.1, 0.15) is 23.2 Å². The van der Waals surface area contributed by atoms with E-state index in [-0.39, 0.29) is 17.3 Å². The smallest absolute Gasteiger partial charge is 0.280 e. The quantitative estimate of drug-likeness (QED) is 0.684. The number of hydrogen-bond acceptors (Lipinski definition) is 6. The van der Waals surface area contributed by atoms with E-state index in [0.717, 1.165) is 11.6 Å². The van der Waals surface area contributed by atoms with Crippen molar-refractivity contribution in [1.29, 1.82) is 0 Å². The SMILES string of the molecule is CN1C(=O)C(c2ccnc(C(F)F)c2)(c2ccc(O)c(-c3ccsc3)c2)N=C1N. The molecule has 1 atom stereocenters. The number of nitrogens with two attached hydrogens (primary N) is 1. The highest BCUT2D eigenvalue weighted by Gasteiger charge is 2.50. The van der Waals surface area contributed by atoms with Crippen LogP contribution in [0, 0.1) is 0 Å². The molecule has 0 saturated heterocycles. The van der Waals surface area contributed by atoms with Gasteiger partial charge in [-0.25, -0.2) is 13.8 Å². The fourth-order valence-corrected chi connectivity index (χ4v) is 4.04. The number of thiophene rings is 1. The summed E-state index contributed by atoms with van der Waals surface area (Å²) < 4.78 is 26.5. The van der Waals surface area contributed by atoms with Crippen LogP contribution < -0.4 is 5.73 Å². The lowest BCUT2D eigenvalue weighted by Gasteiger charge is -2.27. The fraction of sp³-hybridized carbons (Fsp3) is 0.150. The average Bonchev–Trinajstić information content (AvgIpc) is 3.32. The second kappa shape index (κ2) is 6.93. The number of guanidine groups is 1. The Balaban J connectivity index is 1.98. The topological polar surface area (TPSA) is 91.8 Å². The maximum atomic E-state index is 13.3.